The molecule has 4 rings (SSSR count). The Hall–Kier alpha value is -4.01. The molecule has 0 fully saturated rings. The maximum absolute atomic E-state index is 13.4. The molecule has 0 radical (unpaired) electrons. The molecule has 2 atom stereocenters. The van der Waals surface area contributed by atoms with Gasteiger partial charge < -0.3 is 14.8 Å². The molecule has 2 unspecified atom stereocenters. The lowest BCUT2D eigenvalue weighted by molar-refractivity contribution is 0.191. The first kappa shape index (κ1) is 21.2. The number of hydrogen-bond donors (Lipinski definition) is 1. The molecule has 1 N–H and O–H groups in total. The third kappa shape index (κ3) is 4.36. The number of urea groups is 1. The molecule has 0 aliphatic heterocycles. The Kier molecular flexibility index (Phi) is 5.98. The van der Waals surface area contributed by atoms with Crippen LogP contribution < -0.4 is 5.32 Å². The van der Waals surface area contributed by atoms with Crippen LogP contribution >= 0.6 is 0 Å². The smallest absolute Gasteiger partial charge is 0.318 e. The molecule has 0 saturated carbocycles. The van der Waals surface area contributed by atoms with E-state index in [0.29, 0.717) is 5.82 Å². The molecule has 164 valence electrons. The third-order valence-corrected chi connectivity index (χ3v) is 5.55. The van der Waals surface area contributed by atoms with E-state index in [-0.39, 0.29) is 17.9 Å². The Labute approximate surface area is 185 Å². The fourth-order valence-corrected chi connectivity index (χ4v) is 3.48. The Morgan fingerprint density at radius 3 is 2.38 bits per heavy atom. The molecule has 8 nitrogen and oxygen atoms in total. The fraction of sp³-hybridized carbons (Fsp3) is 0.217. The monoisotopic (exact) mass is 433 g/mol. The van der Waals surface area contributed by atoms with Crippen LogP contribution in [0.25, 0.3) is 5.69 Å². The Morgan fingerprint density at radius 2 is 1.78 bits per heavy atom. The summed E-state index contributed by atoms with van der Waals surface area (Å²) in [5, 5.41) is 7.16. The van der Waals surface area contributed by atoms with Crippen LogP contribution in [0.5, 0.6) is 0 Å². The van der Waals surface area contributed by atoms with Gasteiger partial charge in [-0.15, -0.1) is 0 Å². The normalized spacial score (nSPS) is 12.9. The van der Waals surface area contributed by atoms with Gasteiger partial charge in [-0.25, -0.2) is 23.8 Å². The van der Waals surface area contributed by atoms with Crippen LogP contribution in [0, 0.1) is 5.82 Å². The number of imidazole rings is 1. The van der Waals surface area contributed by atoms with Crippen LogP contribution in [0.2, 0.25) is 0 Å². The van der Waals surface area contributed by atoms with Crippen molar-refractivity contribution < 1.29 is 9.18 Å². The summed E-state index contributed by atoms with van der Waals surface area (Å²) in [6.07, 6.45) is 6.58. The van der Waals surface area contributed by atoms with E-state index >= 15 is 0 Å². The molecule has 32 heavy (non-hydrogen) atoms. The van der Waals surface area contributed by atoms with E-state index in [1.807, 2.05) is 42.8 Å². The molecule has 0 saturated heterocycles. The zero-order valence-corrected chi connectivity index (χ0v) is 18.1. The first-order valence-electron chi connectivity index (χ1n) is 10.1. The van der Waals surface area contributed by atoms with Crippen molar-refractivity contribution in [2.75, 3.05) is 7.05 Å². The molecule has 2 aromatic carbocycles. The summed E-state index contributed by atoms with van der Waals surface area (Å²) in [7, 11) is 3.60. The number of carbonyl (C=O) groups excluding carboxylic acids is 1. The average Bonchev–Trinajstić information content (AvgIpc) is 3.49. The van der Waals surface area contributed by atoms with Gasteiger partial charge in [-0.1, -0.05) is 24.3 Å². The van der Waals surface area contributed by atoms with Crippen molar-refractivity contribution in [1.29, 1.82) is 0 Å². The van der Waals surface area contributed by atoms with Crippen LogP contribution in [0.15, 0.2) is 73.6 Å². The highest BCUT2D eigenvalue weighted by Crippen LogP contribution is 2.24. The predicted octanol–water partition coefficient (Wildman–Crippen LogP) is 3.63. The molecule has 9 heteroatoms. The Bertz CT molecular complexity index is 1170. The number of hydrogen-bond acceptors (Lipinski definition) is 4. The Balaban J connectivity index is 1.52. The second-order valence-corrected chi connectivity index (χ2v) is 7.55. The molecule has 0 aliphatic rings. The topological polar surface area (TPSA) is 80.9 Å². The number of halogens is 1. The molecule has 2 aromatic heterocycles. The number of aryl methyl sites for hydroxylation is 1. The molecule has 2 amide bonds. The van der Waals surface area contributed by atoms with Gasteiger partial charge in [0.05, 0.1) is 11.7 Å². The van der Waals surface area contributed by atoms with Crippen molar-refractivity contribution in [3.63, 3.8) is 0 Å². The van der Waals surface area contributed by atoms with Gasteiger partial charge in [0.2, 0.25) is 0 Å². The van der Waals surface area contributed by atoms with E-state index in [9.17, 15) is 9.18 Å². The van der Waals surface area contributed by atoms with E-state index in [0.717, 1.165) is 16.8 Å². The summed E-state index contributed by atoms with van der Waals surface area (Å²) < 4.78 is 17.0. The third-order valence-electron chi connectivity index (χ3n) is 5.55. The van der Waals surface area contributed by atoms with Crippen LogP contribution in [-0.2, 0) is 7.05 Å². The highest BCUT2D eigenvalue weighted by molar-refractivity contribution is 5.75. The number of nitrogens with one attached hydrogen (secondary N) is 1. The standard InChI is InChI=1S/C23H24FN7O/c1-16(17-6-10-20(11-7-17)31-15-25-14-27-31)30(3)23(32)28-21(22-26-12-13-29(22)2)18-4-8-19(24)9-5-18/h4-16,21H,1-3H3,(H,28,32). The molecule has 4 aromatic rings. The fourth-order valence-electron chi connectivity index (χ4n) is 3.48. The summed E-state index contributed by atoms with van der Waals surface area (Å²) in [5.74, 6) is 0.321. The van der Waals surface area contributed by atoms with E-state index in [2.05, 4.69) is 20.4 Å². The largest absolute Gasteiger partial charge is 0.336 e. The van der Waals surface area contributed by atoms with Gasteiger partial charge in [0.1, 0.15) is 30.3 Å². The zero-order chi connectivity index (χ0) is 22.7. The summed E-state index contributed by atoms with van der Waals surface area (Å²) in [5.41, 5.74) is 2.60. The van der Waals surface area contributed by atoms with Crippen molar-refractivity contribution >= 4 is 6.03 Å². The summed E-state index contributed by atoms with van der Waals surface area (Å²) >= 11 is 0. The second-order valence-electron chi connectivity index (χ2n) is 7.55. The van der Waals surface area contributed by atoms with Crippen LogP contribution in [0.1, 0.15) is 36.0 Å². The van der Waals surface area contributed by atoms with E-state index < -0.39 is 6.04 Å². The van der Waals surface area contributed by atoms with Gasteiger partial charge in [0.15, 0.2) is 0 Å². The lowest BCUT2D eigenvalue weighted by atomic mass is 10.1. The van der Waals surface area contributed by atoms with Crippen molar-refractivity contribution in [2.24, 2.45) is 7.05 Å². The number of amides is 2. The van der Waals surface area contributed by atoms with E-state index in [1.54, 1.807) is 47.5 Å². The number of aromatic nitrogens is 5. The molecule has 2 heterocycles. The van der Waals surface area contributed by atoms with Crippen LogP contribution in [0.3, 0.4) is 0 Å². The lowest BCUT2D eigenvalue weighted by Crippen LogP contribution is -2.41. The number of rotatable bonds is 6. The van der Waals surface area contributed by atoms with Gasteiger partial charge in [0, 0.05) is 26.5 Å². The highest BCUT2D eigenvalue weighted by atomic mass is 19.1. The number of nitrogens with zero attached hydrogens (tertiary/aromatic N) is 6. The van der Waals surface area contributed by atoms with Crippen molar-refractivity contribution in [1.82, 2.24) is 34.5 Å². The molecule has 0 bridgehead atoms. The van der Waals surface area contributed by atoms with Gasteiger partial charge in [-0.2, -0.15) is 5.10 Å². The van der Waals surface area contributed by atoms with Gasteiger partial charge in [-0.3, -0.25) is 0 Å². The zero-order valence-electron chi connectivity index (χ0n) is 18.1. The number of carbonyl (C=O) groups is 1. The molecule has 0 aliphatic carbocycles. The van der Waals surface area contributed by atoms with Crippen molar-refractivity contribution in [3.05, 3.63) is 96.3 Å². The van der Waals surface area contributed by atoms with Gasteiger partial charge in [0.25, 0.3) is 0 Å². The molecule has 0 spiro atoms. The summed E-state index contributed by atoms with van der Waals surface area (Å²) in [6.45, 7) is 1.96. The minimum Gasteiger partial charge on any atom is -0.336 e. The van der Waals surface area contributed by atoms with Gasteiger partial charge in [-0.05, 0) is 42.3 Å². The average molecular weight is 433 g/mol. The predicted molar refractivity (Wildman–Crippen MR) is 118 cm³/mol. The Morgan fingerprint density at radius 1 is 1.09 bits per heavy atom. The first-order valence-corrected chi connectivity index (χ1v) is 10.1. The second kappa shape index (κ2) is 9.01. The lowest BCUT2D eigenvalue weighted by Gasteiger charge is -2.28. The molecular formula is C23H24FN7O. The van der Waals surface area contributed by atoms with Crippen molar-refractivity contribution in [3.8, 4) is 5.69 Å². The SMILES string of the molecule is CC(c1ccc(-n2cncn2)cc1)N(C)C(=O)NC(c1ccc(F)cc1)c1nccn1C. The van der Waals surface area contributed by atoms with Gasteiger partial charge >= 0.3 is 6.03 Å². The summed E-state index contributed by atoms with van der Waals surface area (Å²) in [6, 6.07) is 12.9. The van der Waals surface area contributed by atoms with Crippen LogP contribution in [0.4, 0.5) is 9.18 Å². The first-order chi connectivity index (χ1) is 15.4. The maximum Gasteiger partial charge on any atom is 0.318 e. The minimum absolute atomic E-state index is 0.185. The highest BCUT2D eigenvalue weighted by Gasteiger charge is 2.25. The van der Waals surface area contributed by atoms with Crippen molar-refractivity contribution in [2.45, 2.75) is 19.0 Å². The minimum atomic E-state index is -0.521. The van der Waals surface area contributed by atoms with E-state index in [4.69, 9.17) is 0 Å². The van der Waals surface area contributed by atoms with Crippen LogP contribution in [-0.4, -0.2) is 42.3 Å². The molecular weight excluding hydrogens is 409 g/mol. The van der Waals surface area contributed by atoms with E-state index in [1.165, 1.54) is 18.5 Å². The quantitative estimate of drug-likeness (QED) is 0.504. The summed E-state index contributed by atoms with van der Waals surface area (Å²) in [4.78, 5) is 23.1. The number of benzene rings is 2. The maximum atomic E-state index is 13.4.